The Labute approximate surface area is 200 Å². The number of hydrogen-bond donors (Lipinski definition) is 3. The third-order valence-electron chi connectivity index (χ3n) is 6.81. The maximum atomic E-state index is 15.8. The number of nitrogens with two attached hydrogens (primary N) is 1. The molecule has 1 aliphatic carbocycles. The summed E-state index contributed by atoms with van der Waals surface area (Å²) >= 11 is 0. The van der Waals surface area contributed by atoms with E-state index < -0.39 is 29.5 Å². The molecular formula is C22H28F2N8O3. The Kier molecular flexibility index (Phi) is 5.91. The lowest BCUT2D eigenvalue weighted by molar-refractivity contribution is -0.137. The lowest BCUT2D eigenvalue weighted by atomic mass is 9.99. The van der Waals surface area contributed by atoms with Gasteiger partial charge in [-0.25, -0.2) is 23.7 Å². The van der Waals surface area contributed by atoms with Crippen LogP contribution in [0.1, 0.15) is 26.2 Å². The number of likely N-dealkylation sites (tertiary alicyclic amines) is 1. The molecule has 188 valence electrons. The summed E-state index contributed by atoms with van der Waals surface area (Å²) in [6.07, 6.45) is 3.46. The molecule has 3 aliphatic rings. The van der Waals surface area contributed by atoms with Gasteiger partial charge in [0.1, 0.15) is 5.69 Å². The van der Waals surface area contributed by atoms with Crippen molar-refractivity contribution in [1.29, 1.82) is 0 Å². The van der Waals surface area contributed by atoms with Gasteiger partial charge in [0.2, 0.25) is 11.9 Å². The Hall–Kier alpha value is -3.19. The molecule has 1 saturated carbocycles. The summed E-state index contributed by atoms with van der Waals surface area (Å²) in [5.74, 6) is -1.16. The van der Waals surface area contributed by atoms with Crippen LogP contribution < -0.4 is 16.0 Å². The van der Waals surface area contributed by atoms with Crippen molar-refractivity contribution in [2.45, 2.75) is 43.4 Å². The zero-order valence-electron chi connectivity index (χ0n) is 19.4. The first-order chi connectivity index (χ1) is 16.7. The minimum Gasteiger partial charge on any atom is -0.394 e. The topological polar surface area (TPSA) is 143 Å². The largest absolute Gasteiger partial charge is 0.394 e. The highest BCUT2D eigenvalue weighted by molar-refractivity contribution is 5.88. The number of anilines is 3. The quantitative estimate of drug-likeness (QED) is 0.531. The van der Waals surface area contributed by atoms with E-state index in [-0.39, 0.29) is 55.4 Å². The number of nitrogens with one attached hydrogen (secondary N) is 1. The maximum absolute atomic E-state index is 15.8. The number of rotatable bonds is 6. The molecule has 13 heteroatoms. The highest BCUT2D eigenvalue weighted by Gasteiger charge is 2.55. The molecule has 11 nitrogen and oxygen atoms in total. The Morgan fingerprint density at radius 2 is 2.03 bits per heavy atom. The summed E-state index contributed by atoms with van der Waals surface area (Å²) in [6.45, 7) is 3.27. The number of aromatic nitrogens is 4. The van der Waals surface area contributed by atoms with Gasteiger partial charge in [0.25, 0.3) is 5.91 Å². The van der Waals surface area contributed by atoms with Crippen LogP contribution in [0.25, 0.3) is 11.3 Å². The van der Waals surface area contributed by atoms with E-state index in [9.17, 15) is 14.3 Å². The number of carbonyl (C=O) groups excluding carboxylic acids is 1. The minimum atomic E-state index is -1.81. The third-order valence-corrected chi connectivity index (χ3v) is 6.81. The summed E-state index contributed by atoms with van der Waals surface area (Å²) in [7, 11) is 0. The molecular weight excluding hydrogens is 462 g/mol. The predicted molar refractivity (Wildman–Crippen MR) is 123 cm³/mol. The fourth-order valence-corrected chi connectivity index (χ4v) is 4.50. The van der Waals surface area contributed by atoms with Gasteiger partial charge in [-0.05, 0) is 26.2 Å². The van der Waals surface area contributed by atoms with E-state index in [0.717, 1.165) is 0 Å². The summed E-state index contributed by atoms with van der Waals surface area (Å²) in [6, 6.07) is -0.0525. The minimum absolute atomic E-state index is 0.0288. The number of morpholine rings is 1. The second-order valence-corrected chi connectivity index (χ2v) is 9.49. The number of nitrogen functional groups attached to an aromatic ring is 1. The van der Waals surface area contributed by atoms with E-state index in [1.54, 1.807) is 0 Å². The van der Waals surface area contributed by atoms with Gasteiger partial charge in [0, 0.05) is 37.6 Å². The molecule has 2 aliphatic heterocycles. The average Bonchev–Trinajstić information content (AvgIpc) is 3.47. The zero-order valence-corrected chi connectivity index (χ0v) is 19.4. The molecule has 2 saturated heterocycles. The van der Waals surface area contributed by atoms with Crippen LogP contribution in [0.3, 0.4) is 0 Å². The number of ether oxygens (including phenoxy) is 1. The Morgan fingerprint density at radius 1 is 1.29 bits per heavy atom. The van der Waals surface area contributed by atoms with Gasteiger partial charge in [0.05, 0.1) is 31.4 Å². The number of alkyl halides is 1. The van der Waals surface area contributed by atoms with Gasteiger partial charge in [-0.1, -0.05) is 0 Å². The molecule has 3 fully saturated rings. The first kappa shape index (κ1) is 23.5. The van der Waals surface area contributed by atoms with Gasteiger partial charge in [-0.3, -0.25) is 4.79 Å². The van der Waals surface area contributed by atoms with Gasteiger partial charge in [0.15, 0.2) is 17.3 Å². The van der Waals surface area contributed by atoms with Crippen LogP contribution in [0.4, 0.5) is 26.5 Å². The molecule has 2 atom stereocenters. The molecule has 0 unspecified atom stereocenters. The number of nitrogens with zero attached hydrogens (tertiary/aromatic N) is 6. The first-order valence-electron chi connectivity index (χ1n) is 11.6. The van der Waals surface area contributed by atoms with Crippen LogP contribution in [-0.4, -0.2) is 92.6 Å². The molecule has 2 aromatic rings. The van der Waals surface area contributed by atoms with Gasteiger partial charge in [-0.15, -0.1) is 0 Å². The van der Waals surface area contributed by atoms with E-state index in [2.05, 4.69) is 25.3 Å². The molecule has 0 aromatic carbocycles. The Bertz CT molecular complexity index is 1120. The predicted octanol–water partition coefficient (Wildman–Crippen LogP) is 0.757. The van der Waals surface area contributed by atoms with Crippen molar-refractivity contribution in [3.8, 4) is 11.3 Å². The van der Waals surface area contributed by atoms with Gasteiger partial charge in [-0.2, -0.15) is 4.98 Å². The molecule has 0 spiro atoms. The monoisotopic (exact) mass is 490 g/mol. The van der Waals surface area contributed by atoms with Crippen LogP contribution in [-0.2, 0) is 9.53 Å². The lowest BCUT2D eigenvalue weighted by Crippen LogP contribution is -2.48. The molecule has 4 heterocycles. The van der Waals surface area contributed by atoms with E-state index in [1.165, 1.54) is 17.3 Å². The standard InChI is InChI=1S/C22H28F2N8O3/c1-13-10-35-7-6-32(13)20-28-16(14-8-26-19(25)27-9-14)15(23)17(29-20)30-21(12-33)4-5-31(11-21)18(34)22(24)2-3-22/h8-9,13,33H,2-7,10-12H2,1H3,(H2,25,26,27)(H,28,29,30)/t13-,21-/m0/s1. The van der Waals surface area contributed by atoms with Crippen molar-refractivity contribution >= 4 is 23.6 Å². The van der Waals surface area contributed by atoms with Crippen molar-refractivity contribution in [3.05, 3.63) is 18.2 Å². The number of carbonyl (C=O) groups is 1. The number of hydrogen-bond acceptors (Lipinski definition) is 10. The van der Waals surface area contributed by atoms with Crippen LogP contribution in [0.5, 0.6) is 0 Å². The number of amides is 1. The summed E-state index contributed by atoms with van der Waals surface area (Å²) < 4.78 is 35.6. The van der Waals surface area contributed by atoms with Crippen LogP contribution >= 0.6 is 0 Å². The molecule has 4 N–H and O–H groups in total. The number of halogens is 2. The third kappa shape index (κ3) is 4.45. The second-order valence-electron chi connectivity index (χ2n) is 9.49. The van der Waals surface area contributed by atoms with Gasteiger partial charge < -0.3 is 30.7 Å². The Morgan fingerprint density at radius 3 is 2.69 bits per heavy atom. The molecule has 5 rings (SSSR count). The SMILES string of the molecule is C[C@H]1COCCN1c1nc(N[C@@]2(CO)CCN(C(=O)C3(F)CC3)C2)c(F)c(-c2cnc(N)nc2)n1. The zero-order chi connectivity index (χ0) is 24.8. The van der Waals surface area contributed by atoms with Crippen LogP contribution in [0.2, 0.25) is 0 Å². The van der Waals surface area contributed by atoms with E-state index in [0.29, 0.717) is 31.7 Å². The highest BCUT2D eigenvalue weighted by Crippen LogP contribution is 2.43. The van der Waals surface area contributed by atoms with Crippen molar-refractivity contribution < 1.29 is 23.4 Å². The van der Waals surface area contributed by atoms with Crippen molar-refractivity contribution in [1.82, 2.24) is 24.8 Å². The smallest absolute Gasteiger partial charge is 0.260 e. The molecule has 2 aromatic heterocycles. The second kappa shape index (κ2) is 8.79. The lowest BCUT2D eigenvalue weighted by Gasteiger charge is -2.34. The van der Waals surface area contributed by atoms with E-state index in [4.69, 9.17) is 10.5 Å². The molecule has 1 amide bonds. The van der Waals surface area contributed by atoms with Crippen molar-refractivity contribution in [3.63, 3.8) is 0 Å². The fraction of sp³-hybridized carbons (Fsp3) is 0.591. The van der Waals surface area contributed by atoms with Crippen LogP contribution in [0, 0.1) is 5.82 Å². The number of aliphatic hydroxyl groups is 1. The van der Waals surface area contributed by atoms with Crippen molar-refractivity contribution in [2.75, 3.05) is 55.4 Å². The van der Waals surface area contributed by atoms with Gasteiger partial charge >= 0.3 is 0 Å². The average molecular weight is 491 g/mol. The van der Waals surface area contributed by atoms with Crippen molar-refractivity contribution in [2.24, 2.45) is 0 Å². The fourth-order valence-electron chi connectivity index (χ4n) is 4.50. The van der Waals surface area contributed by atoms with E-state index >= 15 is 4.39 Å². The summed E-state index contributed by atoms with van der Waals surface area (Å²) in [4.78, 5) is 32.6. The van der Waals surface area contributed by atoms with E-state index in [1.807, 2.05) is 11.8 Å². The Balaban J connectivity index is 1.50. The summed E-state index contributed by atoms with van der Waals surface area (Å²) in [5, 5.41) is 13.3. The highest BCUT2D eigenvalue weighted by atomic mass is 19.1. The maximum Gasteiger partial charge on any atom is 0.260 e. The molecule has 35 heavy (non-hydrogen) atoms. The number of aliphatic hydroxyl groups excluding tert-OH is 1. The molecule has 0 radical (unpaired) electrons. The van der Waals surface area contributed by atoms with Crippen LogP contribution in [0.15, 0.2) is 12.4 Å². The first-order valence-corrected chi connectivity index (χ1v) is 11.6. The summed E-state index contributed by atoms with van der Waals surface area (Å²) in [5.41, 5.74) is 2.96. The normalized spacial score (nSPS) is 25.5. The molecule has 0 bridgehead atoms.